The Morgan fingerprint density at radius 3 is 2.48 bits per heavy atom. The van der Waals surface area contributed by atoms with Gasteiger partial charge < -0.3 is 20.3 Å². The van der Waals surface area contributed by atoms with Crippen LogP contribution in [0.2, 0.25) is 5.02 Å². The third kappa shape index (κ3) is 8.91. The van der Waals surface area contributed by atoms with Gasteiger partial charge in [0, 0.05) is 20.1 Å². The van der Waals surface area contributed by atoms with Gasteiger partial charge in [-0.2, -0.15) is 0 Å². The Kier molecular flexibility index (Phi) is 12.1. The summed E-state index contributed by atoms with van der Waals surface area (Å²) in [6, 6.07) is 16.7. The van der Waals surface area contributed by atoms with E-state index in [2.05, 4.69) is 15.6 Å². The third-order valence-electron chi connectivity index (χ3n) is 3.91. The molecule has 0 saturated carbocycles. The summed E-state index contributed by atoms with van der Waals surface area (Å²) in [5.41, 5.74) is 0.468. The summed E-state index contributed by atoms with van der Waals surface area (Å²) in [5, 5.41) is 6.53. The van der Waals surface area contributed by atoms with Crippen molar-refractivity contribution in [2.24, 2.45) is 4.99 Å². The molecule has 6 nitrogen and oxygen atoms in total. The smallest absolute Gasteiger partial charge is 0.252 e. The molecule has 0 aliphatic carbocycles. The maximum absolute atomic E-state index is 12.2. The number of guanidine groups is 1. The van der Waals surface area contributed by atoms with E-state index in [1.165, 1.54) is 0 Å². The number of para-hydroxylation sites is 1. The Bertz CT molecular complexity index is 774. The molecule has 0 saturated heterocycles. The summed E-state index contributed by atoms with van der Waals surface area (Å²) < 4.78 is 5.73. The van der Waals surface area contributed by atoms with Crippen LogP contribution in [0.25, 0.3) is 0 Å². The molecule has 0 bridgehead atoms. The highest BCUT2D eigenvalue weighted by atomic mass is 127. The number of benzene rings is 2. The van der Waals surface area contributed by atoms with Gasteiger partial charge in [-0.25, -0.2) is 0 Å². The maximum atomic E-state index is 12.2. The van der Waals surface area contributed by atoms with Gasteiger partial charge in [-0.3, -0.25) is 9.79 Å². The number of nitrogens with zero attached hydrogens (tertiary/aromatic N) is 2. The van der Waals surface area contributed by atoms with Crippen molar-refractivity contribution in [1.82, 2.24) is 15.5 Å². The highest BCUT2D eigenvalue weighted by molar-refractivity contribution is 14.0. The van der Waals surface area contributed by atoms with E-state index >= 15 is 0 Å². The fourth-order valence-corrected chi connectivity index (χ4v) is 2.69. The quantitative estimate of drug-likeness (QED) is 0.225. The number of amides is 1. The SMILES string of the molecule is CCNC(=NCCNC(=O)c1ccccc1Cl)N(C)CCOc1ccccc1.I. The highest BCUT2D eigenvalue weighted by Gasteiger charge is 2.09. The number of halogens is 2. The van der Waals surface area contributed by atoms with Gasteiger partial charge in [-0.15, -0.1) is 24.0 Å². The zero-order valence-corrected chi connectivity index (χ0v) is 19.8. The molecule has 2 rings (SSSR count). The van der Waals surface area contributed by atoms with Gasteiger partial charge in [-0.05, 0) is 31.2 Å². The first-order chi connectivity index (χ1) is 13.6. The lowest BCUT2D eigenvalue weighted by Gasteiger charge is -2.22. The molecule has 0 unspecified atom stereocenters. The molecule has 0 radical (unpaired) electrons. The summed E-state index contributed by atoms with van der Waals surface area (Å²) >= 11 is 6.04. The van der Waals surface area contributed by atoms with E-state index in [0.29, 0.717) is 36.8 Å². The molecular formula is C21H28ClIN4O2. The van der Waals surface area contributed by atoms with Crippen LogP contribution < -0.4 is 15.4 Å². The Labute approximate surface area is 194 Å². The molecule has 0 atom stereocenters. The monoisotopic (exact) mass is 530 g/mol. The van der Waals surface area contributed by atoms with Gasteiger partial charge in [0.2, 0.25) is 0 Å². The number of nitrogens with one attached hydrogen (secondary N) is 2. The maximum Gasteiger partial charge on any atom is 0.252 e. The van der Waals surface area contributed by atoms with Crippen LogP contribution in [0.3, 0.4) is 0 Å². The molecule has 0 fully saturated rings. The Morgan fingerprint density at radius 1 is 1.10 bits per heavy atom. The van der Waals surface area contributed by atoms with Gasteiger partial charge in [0.05, 0.1) is 23.7 Å². The number of rotatable bonds is 9. The minimum atomic E-state index is -0.199. The molecule has 8 heteroatoms. The lowest BCUT2D eigenvalue weighted by atomic mass is 10.2. The average molecular weight is 531 g/mol. The summed E-state index contributed by atoms with van der Waals surface area (Å²) in [6.45, 7) is 4.90. The van der Waals surface area contributed by atoms with Crippen molar-refractivity contribution in [2.45, 2.75) is 6.92 Å². The van der Waals surface area contributed by atoms with Crippen LogP contribution in [0.5, 0.6) is 5.75 Å². The summed E-state index contributed by atoms with van der Waals surface area (Å²) in [5.74, 6) is 1.42. The fraction of sp³-hybridized carbons (Fsp3) is 0.333. The number of carbonyl (C=O) groups excluding carboxylic acids is 1. The number of ether oxygens (including phenoxy) is 1. The zero-order valence-electron chi connectivity index (χ0n) is 16.7. The van der Waals surface area contributed by atoms with Crippen LogP contribution in [0, 0.1) is 0 Å². The van der Waals surface area contributed by atoms with Gasteiger partial charge in [-0.1, -0.05) is 41.9 Å². The van der Waals surface area contributed by atoms with Crippen LogP contribution in [0.1, 0.15) is 17.3 Å². The van der Waals surface area contributed by atoms with Crippen LogP contribution in [-0.2, 0) is 0 Å². The van der Waals surface area contributed by atoms with Gasteiger partial charge in [0.25, 0.3) is 5.91 Å². The van der Waals surface area contributed by atoms with Crippen LogP contribution in [0.15, 0.2) is 59.6 Å². The minimum Gasteiger partial charge on any atom is -0.492 e. The molecule has 2 N–H and O–H groups in total. The Balaban J connectivity index is 0.00000420. The van der Waals surface area contributed by atoms with E-state index in [9.17, 15) is 4.79 Å². The lowest BCUT2D eigenvalue weighted by Crippen LogP contribution is -2.41. The molecule has 2 aromatic rings. The van der Waals surface area contributed by atoms with Crippen molar-refractivity contribution in [1.29, 1.82) is 0 Å². The van der Waals surface area contributed by atoms with Gasteiger partial charge >= 0.3 is 0 Å². The molecule has 0 aromatic heterocycles. The Morgan fingerprint density at radius 2 is 1.79 bits per heavy atom. The lowest BCUT2D eigenvalue weighted by molar-refractivity contribution is 0.0955. The summed E-state index contributed by atoms with van der Waals surface area (Å²) in [6.07, 6.45) is 0. The standard InChI is InChI=1S/C21H27ClN4O2.HI/c1-3-23-21(26(2)15-16-28-17-9-5-4-6-10-17)25-14-13-24-20(27)18-11-7-8-12-19(18)22;/h4-12H,3,13-16H2,1-2H3,(H,23,25)(H,24,27);1H. The molecule has 0 aliphatic heterocycles. The average Bonchev–Trinajstić information content (AvgIpc) is 2.71. The van der Waals surface area contributed by atoms with Crippen LogP contribution in [0.4, 0.5) is 0 Å². The number of hydrogen-bond acceptors (Lipinski definition) is 3. The molecule has 0 aliphatic rings. The third-order valence-corrected chi connectivity index (χ3v) is 4.24. The van der Waals surface area contributed by atoms with Crippen molar-refractivity contribution >= 4 is 47.4 Å². The fourth-order valence-electron chi connectivity index (χ4n) is 2.46. The normalized spacial score (nSPS) is 10.7. The highest BCUT2D eigenvalue weighted by Crippen LogP contribution is 2.14. The van der Waals surface area contributed by atoms with E-state index in [-0.39, 0.29) is 29.9 Å². The molecule has 158 valence electrons. The van der Waals surface area contributed by atoms with Crippen LogP contribution in [-0.4, -0.2) is 56.6 Å². The van der Waals surface area contributed by atoms with Crippen molar-refractivity contribution in [3.63, 3.8) is 0 Å². The molecule has 0 spiro atoms. The van der Waals surface area contributed by atoms with Crippen molar-refractivity contribution in [2.75, 3.05) is 39.8 Å². The molecule has 29 heavy (non-hydrogen) atoms. The molecule has 0 heterocycles. The first-order valence-corrected chi connectivity index (χ1v) is 9.69. The number of hydrogen-bond donors (Lipinski definition) is 2. The van der Waals surface area contributed by atoms with E-state index in [4.69, 9.17) is 16.3 Å². The largest absolute Gasteiger partial charge is 0.492 e. The summed E-state index contributed by atoms with van der Waals surface area (Å²) in [7, 11) is 1.96. The number of aliphatic imine (C=N–C) groups is 1. The first-order valence-electron chi connectivity index (χ1n) is 9.32. The van der Waals surface area contributed by atoms with E-state index < -0.39 is 0 Å². The second kappa shape index (κ2) is 14.1. The molecule has 1 amide bonds. The topological polar surface area (TPSA) is 66.0 Å². The second-order valence-corrected chi connectivity index (χ2v) is 6.46. The minimum absolute atomic E-state index is 0. The first kappa shape index (κ1) is 25.0. The van der Waals surface area contributed by atoms with Gasteiger partial charge in [0.1, 0.15) is 12.4 Å². The summed E-state index contributed by atoms with van der Waals surface area (Å²) in [4.78, 5) is 18.7. The second-order valence-electron chi connectivity index (χ2n) is 6.05. The predicted octanol–water partition coefficient (Wildman–Crippen LogP) is 3.66. The predicted molar refractivity (Wildman–Crippen MR) is 130 cm³/mol. The van der Waals surface area contributed by atoms with Crippen molar-refractivity contribution < 1.29 is 9.53 Å². The van der Waals surface area contributed by atoms with E-state index in [1.807, 2.05) is 49.2 Å². The zero-order chi connectivity index (χ0) is 20.2. The Hall–Kier alpha value is -2.00. The van der Waals surface area contributed by atoms with Gasteiger partial charge in [0.15, 0.2) is 5.96 Å². The molecular weight excluding hydrogens is 503 g/mol. The van der Waals surface area contributed by atoms with Crippen molar-refractivity contribution in [3.8, 4) is 5.75 Å². The van der Waals surface area contributed by atoms with E-state index in [0.717, 1.165) is 18.3 Å². The van der Waals surface area contributed by atoms with Crippen molar-refractivity contribution in [3.05, 3.63) is 65.2 Å². The van der Waals surface area contributed by atoms with E-state index in [1.54, 1.807) is 24.3 Å². The molecule has 2 aromatic carbocycles. The number of likely N-dealkylation sites (N-methyl/N-ethyl adjacent to an activating group) is 1. The van der Waals surface area contributed by atoms with Crippen LogP contribution >= 0.6 is 35.6 Å². The number of carbonyl (C=O) groups is 1.